The van der Waals surface area contributed by atoms with Gasteiger partial charge >= 0.3 is 0 Å². The molecule has 3 heterocycles. The highest BCUT2D eigenvalue weighted by Crippen LogP contribution is 2.41. The molecule has 8 aromatic carbocycles. The SMILES string of the molecule is c1ccc(C2=NC(c3ccccc3)=NC(c3cccc(-c4cccc5oc6cc(-n7c8ccccc8c8cc(-c9ccccc9)ccc87)ccc6c45)c3)C2)cc1. The molecule has 0 N–H and O–H groups in total. The van der Waals surface area contributed by atoms with Crippen molar-refractivity contribution in [1.29, 1.82) is 0 Å². The van der Waals surface area contributed by atoms with Crippen molar-refractivity contribution >= 4 is 55.3 Å². The van der Waals surface area contributed by atoms with E-state index in [-0.39, 0.29) is 6.04 Å². The Kier molecular flexibility index (Phi) is 7.59. The quantitative estimate of drug-likeness (QED) is 0.169. The molecule has 0 bridgehead atoms. The van der Waals surface area contributed by atoms with Crippen LogP contribution in [0.5, 0.6) is 0 Å². The molecule has 1 atom stereocenters. The van der Waals surface area contributed by atoms with Crippen LogP contribution in [0.3, 0.4) is 0 Å². The number of benzene rings is 8. The van der Waals surface area contributed by atoms with E-state index in [2.05, 4.69) is 174 Å². The zero-order chi connectivity index (χ0) is 37.0. The van der Waals surface area contributed by atoms with Crippen molar-refractivity contribution in [3.05, 3.63) is 211 Å². The summed E-state index contributed by atoms with van der Waals surface area (Å²) in [6.07, 6.45) is 0.724. The lowest BCUT2D eigenvalue weighted by Gasteiger charge is -2.22. The number of fused-ring (bicyclic) bond motifs is 6. The standard InChI is InChI=1S/C52H35N3O/c1-4-14-34(15-5-1)37-26-29-48-44(31-37)42-22-10-11-24-47(42)55(48)40-27-28-43-50(32-40)56-49-25-13-23-41(51(43)49)38-20-12-21-39(30-38)46-33-45(35-16-6-2-7-17-35)53-52(54-46)36-18-8-3-9-19-36/h1-32,46H,33H2. The topological polar surface area (TPSA) is 42.8 Å². The van der Waals surface area contributed by atoms with E-state index in [0.717, 1.165) is 73.4 Å². The van der Waals surface area contributed by atoms with Crippen molar-refractivity contribution in [3.63, 3.8) is 0 Å². The predicted molar refractivity (Wildman–Crippen MR) is 232 cm³/mol. The molecule has 0 amide bonds. The average molecular weight is 718 g/mol. The van der Waals surface area contributed by atoms with Crippen molar-refractivity contribution in [2.75, 3.05) is 0 Å². The Bertz CT molecular complexity index is 3150. The summed E-state index contributed by atoms with van der Waals surface area (Å²) in [6.45, 7) is 0. The van der Waals surface area contributed by atoms with Gasteiger partial charge in [0.1, 0.15) is 11.2 Å². The molecule has 10 aromatic rings. The molecule has 4 heteroatoms. The summed E-state index contributed by atoms with van der Waals surface area (Å²) < 4.78 is 9.04. The highest BCUT2D eigenvalue weighted by atomic mass is 16.3. The van der Waals surface area contributed by atoms with Gasteiger partial charge in [-0.1, -0.05) is 146 Å². The second-order valence-corrected chi connectivity index (χ2v) is 14.5. The fraction of sp³-hybridized carbons (Fsp3) is 0.0385. The second-order valence-electron chi connectivity index (χ2n) is 14.5. The summed E-state index contributed by atoms with van der Waals surface area (Å²) in [7, 11) is 0. The zero-order valence-corrected chi connectivity index (χ0v) is 30.5. The molecule has 0 fully saturated rings. The number of aliphatic imine (C=N–C) groups is 2. The average Bonchev–Trinajstić information content (AvgIpc) is 3.82. The molecule has 11 rings (SSSR count). The van der Waals surface area contributed by atoms with Gasteiger partial charge in [0.05, 0.1) is 22.8 Å². The van der Waals surface area contributed by atoms with Crippen molar-refractivity contribution in [3.8, 4) is 27.9 Å². The lowest BCUT2D eigenvalue weighted by molar-refractivity contribution is 0.668. The maximum Gasteiger partial charge on any atom is 0.155 e. The minimum Gasteiger partial charge on any atom is -0.456 e. The summed E-state index contributed by atoms with van der Waals surface area (Å²) in [5.41, 5.74) is 14.2. The molecule has 0 saturated carbocycles. The molecule has 264 valence electrons. The van der Waals surface area contributed by atoms with E-state index in [1.807, 2.05) is 24.3 Å². The number of aromatic nitrogens is 1. The van der Waals surface area contributed by atoms with Crippen LogP contribution in [0.1, 0.15) is 29.2 Å². The van der Waals surface area contributed by atoms with E-state index in [9.17, 15) is 0 Å². The molecule has 0 spiro atoms. The van der Waals surface area contributed by atoms with Gasteiger partial charge in [-0.3, -0.25) is 4.99 Å². The van der Waals surface area contributed by atoms with Crippen molar-refractivity contribution in [2.24, 2.45) is 9.98 Å². The van der Waals surface area contributed by atoms with Gasteiger partial charge < -0.3 is 8.98 Å². The normalized spacial score (nSPS) is 14.4. The van der Waals surface area contributed by atoms with Gasteiger partial charge in [0.2, 0.25) is 0 Å². The number of rotatable bonds is 6. The van der Waals surface area contributed by atoms with Crippen LogP contribution in [0.4, 0.5) is 0 Å². The first-order valence-corrected chi connectivity index (χ1v) is 19.2. The molecule has 0 radical (unpaired) electrons. The van der Waals surface area contributed by atoms with E-state index < -0.39 is 0 Å². The zero-order valence-electron chi connectivity index (χ0n) is 30.5. The Morgan fingerprint density at radius 2 is 1.16 bits per heavy atom. The minimum absolute atomic E-state index is 0.0734. The minimum atomic E-state index is -0.0734. The van der Waals surface area contributed by atoms with E-state index in [1.54, 1.807) is 0 Å². The summed E-state index contributed by atoms with van der Waals surface area (Å²) in [5.74, 6) is 0.768. The van der Waals surface area contributed by atoms with Crippen molar-refractivity contribution in [1.82, 2.24) is 4.57 Å². The number of hydrogen-bond acceptors (Lipinski definition) is 3. The fourth-order valence-electron chi connectivity index (χ4n) is 8.48. The lowest BCUT2D eigenvalue weighted by atomic mass is 9.92. The molecule has 2 aromatic heterocycles. The number of hydrogen-bond donors (Lipinski definition) is 0. The van der Waals surface area contributed by atoms with Gasteiger partial charge in [-0.25, -0.2) is 4.99 Å². The van der Waals surface area contributed by atoms with Crippen LogP contribution in [0.25, 0.3) is 71.7 Å². The number of para-hydroxylation sites is 1. The Hall–Kier alpha value is -7.30. The van der Waals surface area contributed by atoms with E-state index >= 15 is 0 Å². The molecule has 1 aliphatic rings. The number of furan rings is 1. The van der Waals surface area contributed by atoms with Gasteiger partial charge in [-0.2, -0.15) is 0 Å². The molecule has 4 nitrogen and oxygen atoms in total. The number of nitrogens with zero attached hydrogens (tertiary/aromatic N) is 3. The molecule has 56 heavy (non-hydrogen) atoms. The van der Waals surface area contributed by atoms with Crippen LogP contribution in [0.15, 0.2) is 209 Å². The Morgan fingerprint density at radius 3 is 1.98 bits per heavy atom. The Balaban J connectivity index is 1.00. The first-order valence-electron chi connectivity index (χ1n) is 19.2. The first-order chi connectivity index (χ1) is 27.7. The molecule has 0 aliphatic carbocycles. The predicted octanol–water partition coefficient (Wildman–Crippen LogP) is 13.4. The highest BCUT2D eigenvalue weighted by Gasteiger charge is 2.23. The molecule has 0 saturated heterocycles. The maximum atomic E-state index is 6.68. The third-order valence-electron chi connectivity index (χ3n) is 11.1. The summed E-state index contributed by atoms with van der Waals surface area (Å²) in [6, 6.07) is 68.6. The third-order valence-corrected chi connectivity index (χ3v) is 11.1. The monoisotopic (exact) mass is 717 g/mol. The van der Waals surface area contributed by atoms with Crippen LogP contribution >= 0.6 is 0 Å². The van der Waals surface area contributed by atoms with Gasteiger partial charge in [0.15, 0.2) is 5.84 Å². The Labute approximate surface area is 324 Å². The van der Waals surface area contributed by atoms with Crippen LogP contribution in [0.2, 0.25) is 0 Å². The fourth-order valence-corrected chi connectivity index (χ4v) is 8.48. The summed E-state index contributed by atoms with van der Waals surface area (Å²) in [5, 5.41) is 4.67. The molecular weight excluding hydrogens is 683 g/mol. The second kappa shape index (κ2) is 13.2. The van der Waals surface area contributed by atoms with Crippen LogP contribution in [0, 0.1) is 0 Å². The van der Waals surface area contributed by atoms with E-state index in [4.69, 9.17) is 14.4 Å². The summed E-state index contributed by atoms with van der Waals surface area (Å²) in [4.78, 5) is 10.3. The van der Waals surface area contributed by atoms with E-state index in [1.165, 1.54) is 32.9 Å². The first kappa shape index (κ1) is 32.2. The maximum absolute atomic E-state index is 6.68. The third kappa shape index (κ3) is 5.46. The van der Waals surface area contributed by atoms with Crippen LogP contribution < -0.4 is 0 Å². The highest BCUT2D eigenvalue weighted by molar-refractivity contribution is 6.15. The van der Waals surface area contributed by atoms with Gasteiger partial charge in [0, 0.05) is 45.3 Å². The summed E-state index contributed by atoms with van der Waals surface area (Å²) >= 11 is 0. The Morgan fingerprint density at radius 1 is 0.464 bits per heavy atom. The van der Waals surface area contributed by atoms with Gasteiger partial charge in [-0.05, 0) is 75.8 Å². The molecule has 1 aliphatic heterocycles. The van der Waals surface area contributed by atoms with Crippen LogP contribution in [-0.2, 0) is 0 Å². The lowest BCUT2D eigenvalue weighted by Crippen LogP contribution is -2.17. The number of amidine groups is 1. The van der Waals surface area contributed by atoms with Crippen LogP contribution in [-0.4, -0.2) is 16.1 Å². The van der Waals surface area contributed by atoms with E-state index in [0.29, 0.717) is 0 Å². The smallest absolute Gasteiger partial charge is 0.155 e. The van der Waals surface area contributed by atoms with Gasteiger partial charge in [-0.15, -0.1) is 0 Å². The molecule has 1 unspecified atom stereocenters. The van der Waals surface area contributed by atoms with Crippen molar-refractivity contribution in [2.45, 2.75) is 12.5 Å². The molecular formula is C52H35N3O. The van der Waals surface area contributed by atoms with Crippen molar-refractivity contribution < 1.29 is 4.42 Å². The largest absolute Gasteiger partial charge is 0.456 e. The van der Waals surface area contributed by atoms with Gasteiger partial charge in [0.25, 0.3) is 0 Å².